The molecule has 2 atom stereocenters. The van der Waals surface area contributed by atoms with Gasteiger partial charge in [0.2, 0.25) is 5.91 Å². The van der Waals surface area contributed by atoms with Gasteiger partial charge in [-0.3, -0.25) is 9.59 Å². The first-order valence-electron chi connectivity index (χ1n) is 9.88. The van der Waals surface area contributed by atoms with Crippen molar-refractivity contribution >= 4 is 11.8 Å². The molecule has 0 aliphatic carbocycles. The highest BCUT2D eigenvalue weighted by Gasteiger charge is 2.54. The van der Waals surface area contributed by atoms with Crippen molar-refractivity contribution in [3.8, 4) is 0 Å². The number of carbonyl (C=O) groups is 2. The van der Waals surface area contributed by atoms with Crippen LogP contribution in [0.25, 0.3) is 0 Å². The molecule has 2 fully saturated rings. The molecule has 1 N–H and O–H groups in total. The van der Waals surface area contributed by atoms with Gasteiger partial charge in [0.05, 0.1) is 17.8 Å². The summed E-state index contributed by atoms with van der Waals surface area (Å²) >= 11 is 0. The van der Waals surface area contributed by atoms with Crippen LogP contribution in [0.4, 0.5) is 0 Å². The number of imidazole rings is 1. The Kier molecular flexibility index (Phi) is 4.23. The summed E-state index contributed by atoms with van der Waals surface area (Å²) in [5.41, 5.74) is -0.189. The van der Waals surface area contributed by atoms with Crippen LogP contribution in [0, 0.1) is 5.92 Å². The van der Waals surface area contributed by atoms with Crippen LogP contribution >= 0.6 is 0 Å². The molecule has 2 saturated heterocycles. The summed E-state index contributed by atoms with van der Waals surface area (Å²) in [5, 5.41) is 3.16. The van der Waals surface area contributed by atoms with Crippen LogP contribution in [0.15, 0.2) is 35.2 Å². The number of hydrogen-bond acceptors (Lipinski definition) is 5. The minimum Gasteiger partial charge on any atom is -0.459 e. The summed E-state index contributed by atoms with van der Waals surface area (Å²) in [6.07, 6.45) is 8.41. The minimum atomic E-state index is -0.189. The normalized spacial score (nSPS) is 24.9. The van der Waals surface area contributed by atoms with Crippen LogP contribution < -0.4 is 5.32 Å². The predicted octanol–water partition coefficient (Wildman–Crippen LogP) is 1.71. The molecule has 2 aromatic heterocycles. The third-order valence-corrected chi connectivity index (χ3v) is 6.20. The van der Waals surface area contributed by atoms with Gasteiger partial charge in [-0.05, 0) is 30.9 Å². The number of hydrogen-bond donors (Lipinski definition) is 1. The second-order valence-corrected chi connectivity index (χ2v) is 8.11. The number of likely N-dealkylation sites (tertiary alicyclic amines) is 1. The monoisotopic (exact) mass is 384 g/mol. The summed E-state index contributed by atoms with van der Waals surface area (Å²) in [5.74, 6) is 1.70. The van der Waals surface area contributed by atoms with E-state index in [1.54, 1.807) is 23.2 Å². The Morgan fingerprint density at radius 3 is 3.00 bits per heavy atom. The van der Waals surface area contributed by atoms with Gasteiger partial charge in [-0.2, -0.15) is 0 Å². The van der Waals surface area contributed by atoms with E-state index in [0.717, 1.165) is 38.3 Å². The molecule has 2 unspecified atom stereocenters. The van der Waals surface area contributed by atoms with Crippen LogP contribution in [0.1, 0.15) is 48.1 Å². The lowest BCUT2D eigenvalue weighted by atomic mass is 9.85. The first kappa shape index (κ1) is 17.5. The maximum absolute atomic E-state index is 12.5. The van der Waals surface area contributed by atoms with Crippen molar-refractivity contribution < 1.29 is 18.7 Å². The number of ether oxygens (including phenoxy) is 1. The van der Waals surface area contributed by atoms with Gasteiger partial charge in [-0.15, -0.1) is 0 Å². The Morgan fingerprint density at radius 2 is 2.25 bits per heavy atom. The molecule has 0 bridgehead atoms. The number of nitrogens with zero attached hydrogens (tertiary/aromatic N) is 3. The highest BCUT2D eigenvalue weighted by atomic mass is 16.5. The Labute approximate surface area is 162 Å². The third-order valence-electron chi connectivity index (χ3n) is 6.20. The molecule has 0 aromatic carbocycles. The first-order valence-corrected chi connectivity index (χ1v) is 9.88. The van der Waals surface area contributed by atoms with Crippen LogP contribution in [-0.4, -0.2) is 52.6 Å². The van der Waals surface area contributed by atoms with E-state index in [1.807, 2.05) is 6.20 Å². The van der Waals surface area contributed by atoms with Crippen LogP contribution in [0.5, 0.6) is 0 Å². The van der Waals surface area contributed by atoms with E-state index in [0.29, 0.717) is 31.2 Å². The lowest BCUT2D eigenvalue weighted by molar-refractivity contribution is -0.122. The van der Waals surface area contributed by atoms with Crippen molar-refractivity contribution in [2.24, 2.45) is 5.92 Å². The number of rotatable bonds is 5. The number of nitrogens with one attached hydrogen (secondary N) is 1. The van der Waals surface area contributed by atoms with E-state index in [1.165, 1.54) is 6.26 Å². The number of aromatic nitrogens is 2. The average molecular weight is 384 g/mol. The molecule has 1 spiro atoms. The minimum absolute atomic E-state index is 0.0614. The fraction of sp³-hybridized carbons (Fsp3) is 0.550. The van der Waals surface area contributed by atoms with Crippen LogP contribution in [0.3, 0.4) is 0 Å². The molecule has 2 aromatic rings. The zero-order chi connectivity index (χ0) is 19.1. The maximum atomic E-state index is 12.5. The first-order chi connectivity index (χ1) is 13.6. The van der Waals surface area contributed by atoms with Gasteiger partial charge < -0.3 is 23.9 Å². The Balaban J connectivity index is 1.21. The molecular weight excluding hydrogens is 360 g/mol. The zero-order valence-corrected chi connectivity index (χ0v) is 15.7. The number of fused-ring (bicyclic) bond motifs is 2. The Morgan fingerprint density at radius 1 is 1.36 bits per heavy atom. The van der Waals surface area contributed by atoms with Gasteiger partial charge >= 0.3 is 0 Å². The molecule has 8 heteroatoms. The van der Waals surface area contributed by atoms with E-state index >= 15 is 0 Å². The summed E-state index contributed by atoms with van der Waals surface area (Å²) in [6, 6.07) is 3.29. The molecule has 3 aliphatic heterocycles. The largest absolute Gasteiger partial charge is 0.459 e. The Bertz CT molecular complexity index is 863. The van der Waals surface area contributed by atoms with Crippen molar-refractivity contribution in [2.45, 2.75) is 37.3 Å². The standard InChI is InChI=1S/C20H24N4O4/c25-17(4-3-14-5-9-27-11-14)22-15-10-20(24-7-6-21-18(15)24)12-23(13-20)19(26)16-2-1-8-28-16/h1-2,6-8,14-15H,3-5,9-13H2,(H,22,25). The fourth-order valence-corrected chi connectivity index (χ4v) is 4.72. The quantitative estimate of drug-likeness (QED) is 0.848. The molecule has 2 amide bonds. The van der Waals surface area contributed by atoms with Gasteiger partial charge in [0.15, 0.2) is 5.76 Å². The van der Waals surface area contributed by atoms with Gasteiger partial charge in [0, 0.05) is 51.5 Å². The van der Waals surface area contributed by atoms with Gasteiger partial charge in [0.25, 0.3) is 5.91 Å². The maximum Gasteiger partial charge on any atom is 0.289 e. The lowest BCUT2D eigenvalue weighted by Gasteiger charge is -2.48. The SMILES string of the molecule is O=C(CCC1CCOC1)NC1CC2(CN(C(=O)c3ccco3)C2)n2ccnc21. The molecule has 5 rings (SSSR count). The molecule has 0 radical (unpaired) electrons. The summed E-state index contributed by atoms with van der Waals surface area (Å²) in [6.45, 7) is 2.77. The van der Waals surface area contributed by atoms with Crippen molar-refractivity contribution in [1.29, 1.82) is 0 Å². The van der Waals surface area contributed by atoms with E-state index in [4.69, 9.17) is 9.15 Å². The van der Waals surface area contributed by atoms with Crippen molar-refractivity contribution in [1.82, 2.24) is 19.8 Å². The highest BCUT2D eigenvalue weighted by Crippen LogP contribution is 2.44. The molecule has 0 saturated carbocycles. The molecule has 148 valence electrons. The molecule has 28 heavy (non-hydrogen) atoms. The van der Waals surface area contributed by atoms with E-state index in [9.17, 15) is 9.59 Å². The highest BCUT2D eigenvalue weighted by molar-refractivity contribution is 5.92. The van der Waals surface area contributed by atoms with Crippen LogP contribution in [0.2, 0.25) is 0 Å². The van der Waals surface area contributed by atoms with Crippen molar-refractivity contribution in [3.05, 3.63) is 42.4 Å². The third kappa shape index (κ3) is 2.92. The molecule has 8 nitrogen and oxygen atoms in total. The van der Waals surface area contributed by atoms with Crippen LogP contribution in [-0.2, 0) is 15.1 Å². The molecule has 5 heterocycles. The summed E-state index contributed by atoms with van der Waals surface area (Å²) in [4.78, 5) is 31.2. The smallest absolute Gasteiger partial charge is 0.289 e. The lowest BCUT2D eigenvalue weighted by Crippen LogP contribution is -2.63. The van der Waals surface area contributed by atoms with E-state index in [-0.39, 0.29) is 23.4 Å². The molecule has 3 aliphatic rings. The topological polar surface area (TPSA) is 89.6 Å². The average Bonchev–Trinajstić information content (AvgIpc) is 3.44. The van der Waals surface area contributed by atoms with Gasteiger partial charge in [-0.1, -0.05) is 0 Å². The number of amides is 2. The fourth-order valence-electron chi connectivity index (χ4n) is 4.72. The van der Waals surface area contributed by atoms with Crippen molar-refractivity contribution in [2.75, 3.05) is 26.3 Å². The number of carbonyl (C=O) groups excluding carboxylic acids is 2. The summed E-state index contributed by atoms with van der Waals surface area (Å²) < 4.78 is 12.7. The van der Waals surface area contributed by atoms with Crippen molar-refractivity contribution in [3.63, 3.8) is 0 Å². The molecular formula is C20H24N4O4. The second kappa shape index (κ2) is 6.77. The van der Waals surface area contributed by atoms with Gasteiger partial charge in [0.1, 0.15) is 5.82 Å². The van der Waals surface area contributed by atoms with E-state index in [2.05, 4.69) is 14.9 Å². The Hall–Kier alpha value is -2.61. The van der Waals surface area contributed by atoms with Gasteiger partial charge in [-0.25, -0.2) is 4.98 Å². The summed E-state index contributed by atoms with van der Waals surface area (Å²) in [7, 11) is 0. The van der Waals surface area contributed by atoms with E-state index < -0.39 is 0 Å². The second-order valence-electron chi connectivity index (χ2n) is 8.11. The zero-order valence-electron chi connectivity index (χ0n) is 15.7. The predicted molar refractivity (Wildman–Crippen MR) is 98.5 cm³/mol. The number of furan rings is 1.